The summed E-state index contributed by atoms with van der Waals surface area (Å²) in [5.41, 5.74) is 1.34. The summed E-state index contributed by atoms with van der Waals surface area (Å²) in [6.07, 6.45) is -0.900. The predicted octanol–water partition coefficient (Wildman–Crippen LogP) is 6.29. The van der Waals surface area contributed by atoms with Crippen molar-refractivity contribution in [2.24, 2.45) is 5.92 Å². The molecule has 0 bridgehead atoms. The summed E-state index contributed by atoms with van der Waals surface area (Å²) in [5.74, 6) is 2.75. The topological polar surface area (TPSA) is 219 Å². The van der Waals surface area contributed by atoms with Crippen LogP contribution in [-0.4, -0.2) is 99.9 Å². The molecule has 1 saturated heterocycles. The van der Waals surface area contributed by atoms with Crippen LogP contribution in [0.5, 0.6) is 11.5 Å². The second kappa shape index (κ2) is 20.8. The van der Waals surface area contributed by atoms with E-state index in [1.165, 1.54) is 16.2 Å². The van der Waals surface area contributed by atoms with Crippen molar-refractivity contribution in [1.29, 1.82) is 0 Å². The lowest BCUT2D eigenvalue weighted by Crippen LogP contribution is -2.57. The molecule has 1 fully saturated rings. The van der Waals surface area contributed by atoms with Crippen LogP contribution in [0.3, 0.4) is 0 Å². The van der Waals surface area contributed by atoms with Gasteiger partial charge in [0.15, 0.2) is 5.13 Å². The largest absolute Gasteiger partial charge is 0.497 e. The highest BCUT2D eigenvalue weighted by molar-refractivity contribution is 7.14. The number of hydrogen-bond acceptors (Lipinski definition) is 13. The Hall–Kier alpha value is -6.74. The number of nitrogens with one attached hydrogen (secondary N) is 5. The molecule has 344 valence electrons. The Labute approximate surface area is 382 Å². The maximum absolute atomic E-state index is 14.7. The van der Waals surface area contributed by atoms with Crippen LogP contribution in [0, 0.1) is 17.8 Å². The lowest BCUT2D eigenvalue weighted by molar-refractivity contribution is -0.142. The van der Waals surface area contributed by atoms with E-state index in [4.69, 9.17) is 24.2 Å². The van der Waals surface area contributed by atoms with Gasteiger partial charge in [-0.15, -0.1) is 23.2 Å². The van der Waals surface area contributed by atoms with Crippen molar-refractivity contribution in [1.82, 2.24) is 25.5 Å². The summed E-state index contributed by atoms with van der Waals surface area (Å²) < 4.78 is 17.7. The third-order valence-corrected chi connectivity index (χ3v) is 11.1. The number of rotatable bonds is 11. The Kier molecular flexibility index (Phi) is 15.3. The van der Waals surface area contributed by atoms with E-state index in [1.807, 2.05) is 25.3 Å². The molecule has 2 aromatic carbocycles. The zero-order chi connectivity index (χ0) is 47.0. The number of amides is 5. The van der Waals surface area contributed by atoms with Gasteiger partial charge in [-0.25, -0.2) is 14.8 Å². The Morgan fingerprint density at radius 2 is 1.69 bits per heavy atom. The van der Waals surface area contributed by atoms with Crippen LogP contribution in [-0.2, 0) is 28.7 Å². The fourth-order valence-corrected chi connectivity index (χ4v) is 8.10. The number of likely N-dealkylation sites (tertiary alicyclic amines) is 1. The minimum Gasteiger partial charge on any atom is -0.497 e. The van der Waals surface area contributed by atoms with E-state index in [0.717, 1.165) is 5.13 Å². The molecule has 1 unspecified atom stereocenters. The normalized spacial score (nSPS) is 18.6. The van der Waals surface area contributed by atoms with E-state index in [-0.39, 0.29) is 43.4 Å². The first kappa shape index (κ1) is 47.7. The molecule has 65 heavy (non-hydrogen) atoms. The zero-order valence-electron chi connectivity index (χ0n) is 37.8. The number of Topliss-reactive ketones (excluding diaryl/α,β-unsaturated/α-hetero) is 1. The fraction of sp³-hybridized carbons (Fsp3) is 0.447. The second-order valence-corrected chi connectivity index (χ2v) is 18.3. The number of nitrogens with zero attached hydrogens (tertiary/aromatic N) is 3. The van der Waals surface area contributed by atoms with Crippen molar-refractivity contribution >= 4 is 74.3 Å². The van der Waals surface area contributed by atoms with Crippen molar-refractivity contribution in [3.05, 3.63) is 53.9 Å². The van der Waals surface area contributed by atoms with Gasteiger partial charge in [-0.1, -0.05) is 26.0 Å². The first-order valence-electron chi connectivity index (χ1n) is 21.6. The number of aromatic nitrogens is 2. The van der Waals surface area contributed by atoms with Gasteiger partial charge in [0.25, 0.3) is 5.91 Å². The summed E-state index contributed by atoms with van der Waals surface area (Å²) in [6.45, 7) is 12.6. The minimum absolute atomic E-state index is 0.0326. The number of hydrogen-bond donors (Lipinski definition) is 5. The Bertz CT molecular complexity index is 2510. The smallest absolute Gasteiger partial charge is 0.408 e. The van der Waals surface area contributed by atoms with Crippen LogP contribution in [0.25, 0.3) is 22.3 Å². The van der Waals surface area contributed by atoms with Gasteiger partial charge in [0.2, 0.25) is 23.5 Å². The number of para-hydroxylation sites is 2. The molecule has 4 aromatic rings. The average molecular weight is 909 g/mol. The summed E-state index contributed by atoms with van der Waals surface area (Å²) >= 11 is 1.44. The van der Waals surface area contributed by atoms with Gasteiger partial charge in [-0.2, -0.15) is 0 Å². The number of carbonyl (C=O) groups excluding carboxylic acids is 6. The molecule has 2 aliphatic heterocycles. The standard InChI is InChI=1S/C47H56N8O9S/c1-26(2)40(54-46(61)64-47(5,6)7)44(60)55-24-29(63-38-23-35(36-25-65-45(53-36)48-27(3)4)49-34-21-28(62-8)19-20-30(34)38)22-37(55)42(58)52-33-17-11-9-10-12-18-39(56)50-31-15-13-14-16-32(31)51-43(59)41(33)57/h13-16,19-21,23,25-27,29,33,37,40H,10,12,17-18,22,24H2,1-8H3,(H,48,53)(H,50,56)(H,51,59)(H,52,58)(H,54,61)/t29-,33?,37-,40+/m0/s1. The maximum atomic E-state index is 14.7. The average Bonchev–Trinajstić information content (AvgIpc) is 3.89. The van der Waals surface area contributed by atoms with Gasteiger partial charge in [0.05, 0.1) is 36.2 Å². The van der Waals surface area contributed by atoms with Crippen LogP contribution in [0.15, 0.2) is 53.9 Å². The lowest BCUT2D eigenvalue weighted by Gasteiger charge is -2.31. The van der Waals surface area contributed by atoms with Gasteiger partial charge < -0.3 is 45.7 Å². The van der Waals surface area contributed by atoms with Gasteiger partial charge >= 0.3 is 6.09 Å². The van der Waals surface area contributed by atoms with E-state index in [9.17, 15) is 28.8 Å². The molecule has 0 spiro atoms. The third kappa shape index (κ3) is 12.5. The number of fused-ring (bicyclic) bond motifs is 2. The van der Waals surface area contributed by atoms with Gasteiger partial charge in [-0.3, -0.25) is 24.0 Å². The molecule has 4 atom stereocenters. The quantitative estimate of drug-likeness (QED) is 0.0828. The van der Waals surface area contributed by atoms with E-state index in [2.05, 4.69) is 38.4 Å². The molecule has 2 aliphatic rings. The Morgan fingerprint density at radius 1 is 0.954 bits per heavy atom. The molecule has 5 amide bonds. The monoisotopic (exact) mass is 908 g/mol. The number of pyridine rings is 1. The first-order chi connectivity index (χ1) is 30.9. The van der Waals surface area contributed by atoms with Crippen LogP contribution >= 0.6 is 11.3 Å². The zero-order valence-corrected chi connectivity index (χ0v) is 38.6. The van der Waals surface area contributed by atoms with Crippen molar-refractivity contribution in [2.75, 3.05) is 29.6 Å². The number of methoxy groups -OCH3 is 1. The molecule has 0 aliphatic carbocycles. The minimum atomic E-state index is -1.41. The number of carbonyl (C=O) groups is 6. The van der Waals surface area contributed by atoms with E-state index in [0.29, 0.717) is 52.3 Å². The number of alkyl carbamates (subject to hydrolysis) is 1. The van der Waals surface area contributed by atoms with E-state index in [1.54, 1.807) is 84.2 Å². The molecule has 4 heterocycles. The van der Waals surface area contributed by atoms with Crippen molar-refractivity contribution < 1.29 is 43.0 Å². The number of benzene rings is 2. The molecule has 6 rings (SSSR count). The summed E-state index contributed by atoms with van der Waals surface area (Å²) in [7, 11) is 1.56. The highest BCUT2D eigenvalue weighted by Crippen LogP contribution is 2.36. The maximum Gasteiger partial charge on any atom is 0.408 e. The number of thiazole rings is 1. The SMILES string of the molecule is COc1ccc2c(O[C@H]3C[C@@H](C(=O)NC4CC#CCCCC(=O)Nc5ccccc5NC(=O)C4=O)N(C(=O)[C@H](NC(=O)OC(C)(C)C)C(C)C)C3)cc(-c3csc(NC(C)C)n3)nc2c1. The highest BCUT2D eigenvalue weighted by atomic mass is 32.1. The fourth-order valence-electron chi connectivity index (χ4n) is 7.25. The van der Waals surface area contributed by atoms with Crippen molar-refractivity contribution in [3.63, 3.8) is 0 Å². The molecular weight excluding hydrogens is 853 g/mol. The predicted molar refractivity (Wildman–Crippen MR) is 248 cm³/mol. The summed E-state index contributed by atoms with van der Waals surface area (Å²) in [6, 6.07) is 9.99. The van der Waals surface area contributed by atoms with Gasteiger partial charge in [-0.05, 0) is 71.2 Å². The summed E-state index contributed by atoms with van der Waals surface area (Å²) in [5, 5.41) is 17.3. The molecule has 0 saturated carbocycles. The van der Waals surface area contributed by atoms with E-state index < -0.39 is 65.3 Å². The number of ether oxygens (including phenoxy) is 3. The Balaban J connectivity index is 1.34. The van der Waals surface area contributed by atoms with Crippen LogP contribution in [0.1, 0.15) is 80.6 Å². The third-order valence-electron chi connectivity index (χ3n) is 10.3. The van der Waals surface area contributed by atoms with Gasteiger partial charge in [0, 0.05) is 54.6 Å². The molecule has 18 heteroatoms. The van der Waals surface area contributed by atoms with Crippen LogP contribution in [0.2, 0.25) is 0 Å². The van der Waals surface area contributed by atoms with Gasteiger partial charge in [0.1, 0.15) is 47.0 Å². The molecular formula is C47H56N8O9S. The van der Waals surface area contributed by atoms with Crippen molar-refractivity contribution in [3.8, 4) is 34.7 Å². The van der Waals surface area contributed by atoms with Crippen molar-refractivity contribution in [2.45, 2.75) is 116 Å². The highest BCUT2D eigenvalue weighted by Gasteiger charge is 2.45. The van der Waals surface area contributed by atoms with Crippen LogP contribution in [0.4, 0.5) is 21.3 Å². The molecule has 5 N–H and O–H groups in total. The van der Waals surface area contributed by atoms with Crippen LogP contribution < -0.4 is 36.1 Å². The summed E-state index contributed by atoms with van der Waals surface area (Å²) in [4.78, 5) is 93.3. The first-order valence-corrected chi connectivity index (χ1v) is 22.4. The molecule has 17 nitrogen and oxygen atoms in total. The molecule has 0 radical (unpaired) electrons. The number of ketones is 1. The lowest BCUT2D eigenvalue weighted by atomic mass is 10.0. The second-order valence-electron chi connectivity index (χ2n) is 17.5. The van der Waals surface area contributed by atoms with E-state index >= 15 is 0 Å². The Morgan fingerprint density at radius 3 is 2.38 bits per heavy atom. The molecule has 2 aromatic heterocycles. The number of anilines is 3.